The number of ether oxygens (including phenoxy) is 1. The maximum atomic E-state index is 5.38. The van der Waals surface area contributed by atoms with Gasteiger partial charge in [-0.15, -0.1) is 0 Å². The molecule has 0 spiro atoms. The molecule has 21 heavy (non-hydrogen) atoms. The highest BCUT2D eigenvalue weighted by atomic mass is 79.9. The number of nitrogens with zero attached hydrogens (tertiary/aromatic N) is 3. The van der Waals surface area contributed by atoms with Crippen molar-refractivity contribution in [3.8, 4) is 11.4 Å². The number of benzene rings is 1. The van der Waals surface area contributed by atoms with Crippen molar-refractivity contribution in [1.82, 2.24) is 14.5 Å². The minimum Gasteiger partial charge on any atom is -0.379 e. The topological polar surface area (TPSA) is 30.3 Å². The average molecular weight is 350 g/mol. The highest BCUT2D eigenvalue weighted by Gasteiger charge is 2.10. The molecule has 1 aromatic heterocycles. The molecule has 0 N–H and O–H groups in total. The molecule has 2 aromatic rings. The lowest BCUT2D eigenvalue weighted by Gasteiger charge is -2.26. The van der Waals surface area contributed by atoms with Crippen LogP contribution in [0.15, 0.2) is 41.1 Å². The highest BCUT2D eigenvalue weighted by Crippen LogP contribution is 2.21. The van der Waals surface area contributed by atoms with E-state index in [2.05, 4.69) is 48.7 Å². The molecular formula is C16H20BrN3O. The van der Waals surface area contributed by atoms with Crippen molar-refractivity contribution in [3.63, 3.8) is 0 Å². The molecule has 112 valence electrons. The first kappa shape index (κ1) is 14.8. The zero-order valence-corrected chi connectivity index (χ0v) is 13.6. The summed E-state index contributed by atoms with van der Waals surface area (Å²) in [6.07, 6.45) is 5.08. The predicted octanol–water partition coefficient (Wildman–Crippen LogP) is 3.03. The lowest BCUT2D eigenvalue weighted by Crippen LogP contribution is -2.37. The molecule has 2 heterocycles. The molecule has 0 unspecified atom stereocenters. The van der Waals surface area contributed by atoms with E-state index in [4.69, 9.17) is 4.74 Å². The van der Waals surface area contributed by atoms with E-state index < -0.39 is 0 Å². The first-order valence-electron chi connectivity index (χ1n) is 7.40. The number of halogens is 1. The van der Waals surface area contributed by atoms with E-state index in [-0.39, 0.29) is 0 Å². The van der Waals surface area contributed by atoms with Crippen molar-refractivity contribution in [1.29, 1.82) is 0 Å². The summed E-state index contributed by atoms with van der Waals surface area (Å²) in [7, 11) is 0. The first-order chi connectivity index (χ1) is 10.3. The fourth-order valence-corrected chi connectivity index (χ4v) is 3.07. The van der Waals surface area contributed by atoms with E-state index in [0.717, 1.165) is 61.7 Å². The van der Waals surface area contributed by atoms with Crippen LogP contribution in [0.1, 0.15) is 6.42 Å². The number of morpholine rings is 1. The van der Waals surface area contributed by atoms with Gasteiger partial charge in [0.05, 0.1) is 13.2 Å². The van der Waals surface area contributed by atoms with Gasteiger partial charge >= 0.3 is 0 Å². The van der Waals surface area contributed by atoms with Crippen LogP contribution in [0.3, 0.4) is 0 Å². The van der Waals surface area contributed by atoms with E-state index >= 15 is 0 Å². The lowest BCUT2D eigenvalue weighted by molar-refractivity contribution is 0.0369. The van der Waals surface area contributed by atoms with Crippen molar-refractivity contribution in [2.24, 2.45) is 0 Å². The summed E-state index contributed by atoms with van der Waals surface area (Å²) in [5, 5.41) is 0. The Hall–Kier alpha value is -1.17. The molecule has 0 radical (unpaired) electrons. The van der Waals surface area contributed by atoms with Crippen molar-refractivity contribution in [3.05, 3.63) is 41.1 Å². The SMILES string of the molecule is Brc1cccc(-c2nccn2CCCN2CCOCC2)c1. The van der Waals surface area contributed by atoms with Gasteiger partial charge in [-0.3, -0.25) is 4.90 Å². The Labute approximate surface area is 133 Å². The van der Waals surface area contributed by atoms with Crippen molar-refractivity contribution < 1.29 is 4.74 Å². The van der Waals surface area contributed by atoms with E-state index in [0.29, 0.717) is 0 Å². The molecule has 0 amide bonds. The maximum absolute atomic E-state index is 5.38. The molecule has 0 saturated carbocycles. The second-order valence-corrected chi connectivity index (χ2v) is 6.18. The van der Waals surface area contributed by atoms with E-state index in [1.54, 1.807) is 0 Å². The fourth-order valence-electron chi connectivity index (χ4n) is 2.67. The summed E-state index contributed by atoms with van der Waals surface area (Å²) in [6.45, 7) is 5.98. The predicted molar refractivity (Wildman–Crippen MR) is 87.2 cm³/mol. The van der Waals surface area contributed by atoms with Crippen LogP contribution in [-0.4, -0.2) is 47.3 Å². The molecule has 1 saturated heterocycles. The van der Waals surface area contributed by atoms with Crippen LogP contribution in [0.25, 0.3) is 11.4 Å². The summed E-state index contributed by atoms with van der Waals surface area (Å²) in [6, 6.07) is 8.30. The number of hydrogen-bond donors (Lipinski definition) is 0. The average Bonchev–Trinajstić information content (AvgIpc) is 2.97. The maximum Gasteiger partial charge on any atom is 0.139 e. The molecule has 1 aliphatic heterocycles. The number of aromatic nitrogens is 2. The van der Waals surface area contributed by atoms with Crippen LogP contribution < -0.4 is 0 Å². The third kappa shape index (κ3) is 3.93. The molecular weight excluding hydrogens is 330 g/mol. The third-order valence-electron chi connectivity index (χ3n) is 3.78. The van der Waals surface area contributed by atoms with Crippen LogP contribution in [0, 0.1) is 0 Å². The zero-order chi connectivity index (χ0) is 14.5. The van der Waals surface area contributed by atoms with Crippen LogP contribution in [-0.2, 0) is 11.3 Å². The Kier molecular flexibility index (Phi) is 5.06. The third-order valence-corrected chi connectivity index (χ3v) is 4.27. The minimum atomic E-state index is 0.869. The second-order valence-electron chi connectivity index (χ2n) is 5.26. The fraction of sp³-hybridized carbons (Fsp3) is 0.438. The summed E-state index contributed by atoms with van der Waals surface area (Å²) in [4.78, 5) is 6.97. The quantitative estimate of drug-likeness (QED) is 0.830. The molecule has 0 atom stereocenters. The zero-order valence-electron chi connectivity index (χ0n) is 12.0. The number of hydrogen-bond acceptors (Lipinski definition) is 3. The standard InChI is InChI=1S/C16H20BrN3O/c17-15-4-1-3-14(13-15)16-18-5-8-20(16)7-2-6-19-9-11-21-12-10-19/h1,3-5,8,13H,2,6-7,9-12H2. The second kappa shape index (κ2) is 7.20. The van der Waals surface area contributed by atoms with Gasteiger partial charge in [0.2, 0.25) is 0 Å². The van der Waals surface area contributed by atoms with Gasteiger partial charge in [-0.05, 0) is 18.6 Å². The van der Waals surface area contributed by atoms with Crippen molar-refractivity contribution >= 4 is 15.9 Å². The molecule has 3 rings (SSSR count). The Bertz CT molecular complexity index is 578. The van der Waals surface area contributed by atoms with Crippen LogP contribution in [0.2, 0.25) is 0 Å². The van der Waals surface area contributed by atoms with Gasteiger partial charge < -0.3 is 9.30 Å². The Morgan fingerprint density at radius 1 is 1.19 bits per heavy atom. The Morgan fingerprint density at radius 2 is 2.05 bits per heavy atom. The number of imidazole rings is 1. The summed E-state index contributed by atoms with van der Waals surface area (Å²) < 4.78 is 8.70. The highest BCUT2D eigenvalue weighted by molar-refractivity contribution is 9.10. The number of aryl methyl sites for hydroxylation is 1. The monoisotopic (exact) mass is 349 g/mol. The molecule has 0 aliphatic carbocycles. The van der Waals surface area contributed by atoms with E-state index in [9.17, 15) is 0 Å². The summed E-state index contributed by atoms with van der Waals surface area (Å²) >= 11 is 3.52. The van der Waals surface area contributed by atoms with E-state index in [1.165, 1.54) is 0 Å². The van der Waals surface area contributed by atoms with Gasteiger partial charge in [0.1, 0.15) is 5.82 Å². The first-order valence-corrected chi connectivity index (χ1v) is 8.19. The minimum absolute atomic E-state index is 0.869. The van der Waals surface area contributed by atoms with Gasteiger partial charge in [-0.2, -0.15) is 0 Å². The van der Waals surface area contributed by atoms with Gasteiger partial charge in [0.25, 0.3) is 0 Å². The summed E-state index contributed by atoms with van der Waals surface area (Å²) in [5.74, 6) is 1.04. The van der Waals surface area contributed by atoms with Crippen LogP contribution in [0.4, 0.5) is 0 Å². The van der Waals surface area contributed by atoms with Crippen molar-refractivity contribution in [2.75, 3.05) is 32.8 Å². The largest absolute Gasteiger partial charge is 0.379 e. The normalized spacial score (nSPS) is 16.2. The van der Waals surface area contributed by atoms with Gasteiger partial charge in [-0.1, -0.05) is 28.1 Å². The number of rotatable bonds is 5. The molecule has 1 fully saturated rings. The van der Waals surface area contributed by atoms with Crippen molar-refractivity contribution in [2.45, 2.75) is 13.0 Å². The van der Waals surface area contributed by atoms with Gasteiger partial charge in [-0.25, -0.2) is 4.98 Å². The molecule has 1 aromatic carbocycles. The lowest BCUT2D eigenvalue weighted by atomic mass is 10.2. The van der Waals surface area contributed by atoms with Crippen LogP contribution in [0.5, 0.6) is 0 Å². The Balaban J connectivity index is 1.60. The van der Waals surface area contributed by atoms with Gasteiger partial charge in [0, 0.05) is 48.6 Å². The smallest absolute Gasteiger partial charge is 0.139 e. The molecule has 0 bridgehead atoms. The summed E-state index contributed by atoms with van der Waals surface area (Å²) in [5.41, 5.74) is 1.15. The molecule has 5 heteroatoms. The van der Waals surface area contributed by atoms with Crippen LogP contribution >= 0.6 is 15.9 Å². The molecule has 4 nitrogen and oxygen atoms in total. The van der Waals surface area contributed by atoms with E-state index in [1.807, 2.05) is 18.3 Å². The van der Waals surface area contributed by atoms with Gasteiger partial charge in [0.15, 0.2) is 0 Å². The Morgan fingerprint density at radius 3 is 2.86 bits per heavy atom. The molecule has 1 aliphatic rings.